The van der Waals surface area contributed by atoms with Crippen molar-refractivity contribution in [3.8, 4) is 10.7 Å². The average Bonchev–Trinajstić information content (AvgIpc) is 3.25. The third-order valence-corrected chi connectivity index (χ3v) is 7.44. The highest BCUT2D eigenvalue weighted by atomic mass is 32.1. The lowest BCUT2D eigenvalue weighted by Crippen LogP contribution is -2.59. The molecule has 4 bridgehead atoms. The van der Waals surface area contributed by atoms with Crippen molar-refractivity contribution in [2.45, 2.75) is 43.7 Å². The molecule has 0 amide bonds. The average molecular weight is 383 g/mol. The number of nitrogens with one attached hydrogen (secondary N) is 2. The molecule has 27 heavy (non-hydrogen) atoms. The van der Waals surface area contributed by atoms with Crippen molar-refractivity contribution in [3.05, 3.63) is 12.3 Å². The Hall–Kier alpha value is -2.26. The summed E-state index contributed by atoms with van der Waals surface area (Å²) in [5.74, 6) is 1.67. The first-order chi connectivity index (χ1) is 13.1. The summed E-state index contributed by atoms with van der Waals surface area (Å²) in [5, 5.41) is 33.6. The molecule has 0 aromatic carbocycles. The number of aliphatic hydroxyl groups is 1. The number of nitrogens with zero attached hydrogens (tertiary/aromatic N) is 4. The maximum Gasteiger partial charge on any atom is 0.203 e. The van der Waals surface area contributed by atoms with Crippen LogP contribution >= 0.6 is 11.3 Å². The first-order valence-electron chi connectivity index (χ1n) is 9.50. The van der Waals surface area contributed by atoms with Crippen LogP contribution in [-0.2, 0) is 0 Å². The summed E-state index contributed by atoms with van der Waals surface area (Å²) >= 11 is 1.32. The molecule has 4 aliphatic rings. The standard InChI is InChI=1S/C18H21N7OS/c19-17-25-24-16(27-17)14-13(11-1-2-20-15(11)23-22-14)21-12-9-3-8-4-10(12)7-18(26,5-8)6-9/h1-2,8-10,12,26H,3-7H2,(H2,19,25)(H2,20,21,23)/t8?,9-,10+,12?,18?. The van der Waals surface area contributed by atoms with Crippen molar-refractivity contribution < 1.29 is 5.11 Å². The maximum atomic E-state index is 10.9. The Morgan fingerprint density at radius 3 is 2.67 bits per heavy atom. The van der Waals surface area contributed by atoms with E-state index >= 15 is 0 Å². The monoisotopic (exact) mass is 383 g/mol. The van der Waals surface area contributed by atoms with Crippen LogP contribution in [0.25, 0.3) is 21.7 Å². The van der Waals surface area contributed by atoms with Crippen LogP contribution < -0.4 is 11.1 Å². The third kappa shape index (κ3) is 2.37. The molecule has 3 aromatic rings. The highest BCUT2D eigenvalue weighted by molar-refractivity contribution is 7.18. The normalized spacial score (nSPS) is 34.4. The second kappa shape index (κ2) is 5.39. The molecule has 4 aliphatic carbocycles. The summed E-state index contributed by atoms with van der Waals surface area (Å²) < 4.78 is 0. The van der Waals surface area contributed by atoms with Crippen molar-refractivity contribution in [1.82, 2.24) is 25.4 Å². The number of hydrogen-bond acceptors (Lipinski definition) is 8. The zero-order valence-electron chi connectivity index (χ0n) is 14.7. The lowest BCUT2D eigenvalue weighted by molar-refractivity contribution is -0.129. The van der Waals surface area contributed by atoms with Gasteiger partial charge in [-0.15, -0.1) is 20.4 Å². The number of anilines is 2. The van der Waals surface area contributed by atoms with Crippen molar-refractivity contribution in [2.24, 2.45) is 17.8 Å². The molecule has 0 radical (unpaired) electrons. The molecule has 8 nitrogen and oxygen atoms in total. The van der Waals surface area contributed by atoms with Crippen molar-refractivity contribution in [1.29, 1.82) is 0 Å². The van der Waals surface area contributed by atoms with Gasteiger partial charge in [0.05, 0.1) is 11.3 Å². The molecular weight excluding hydrogens is 362 g/mol. The molecule has 140 valence electrons. The van der Waals surface area contributed by atoms with E-state index in [4.69, 9.17) is 5.73 Å². The smallest absolute Gasteiger partial charge is 0.203 e. The largest absolute Gasteiger partial charge is 0.390 e. The summed E-state index contributed by atoms with van der Waals surface area (Å²) in [7, 11) is 0. The summed E-state index contributed by atoms with van der Waals surface area (Å²) in [6.45, 7) is 0. The van der Waals surface area contributed by atoms with Crippen LogP contribution in [0, 0.1) is 17.8 Å². The second-order valence-corrected chi connectivity index (χ2v) is 9.48. The van der Waals surface area contributed by atoms with E-state index in [2.05, 4.69) is 30.7 Å². The molecule has 0 aliphatic heterocycles. The van der Waals surface area contributed by atoms with E-state index in [0.29, 0.717) is 39.6 Å². The fourth-order valence-electron chi connectivity index (χ4n) is 5.93. The van der Waals surface area contributed by atoms with Gasteiger partial charge in [-0.2, -0.15) is 0 Å². The number of fused-ring (bicyclic) bond motifs is 1. The molecule has 3 unspecified atom stereocenters. The molecule has 0 saturated heterocycles. The number of nitrogen functional groups attached to an aromatic ring is 1. The van der Waals surface area contributed by atoms with Gasteiger partial charge in [0, 0.05) is 17.6 Å². The molecule has 4 fully saturated rings. The van der Waals surface area contributed by atoms with Crippen LogP contribution in [0.15, 0.2) is 12.3 Å². The Morgan fingerprint density at radius 2 is 1.96 bits per heavy atom. The SMILES string of the molecule is Nc1nnc(-c2nnc3[nH]ccc3c2NC2[C@@H]3CC4C[C@H]2CC(O)(C4)C3)s1. The van der Waals surface area contributed by atoms with Crippen LogP contribution in [0.1, 0.15) is 32.1 Å². The van der Waals surface area contributed by atoms with E-state index in [1.54, 1.807) is 0 Å². The molecule has 5 atom stereocenters. The zero-order valence-corrected chi connectivity index (χ0v) is 15.5. The van der Waals surface area contributed by atoms with Gasteiger partial charge in [0.15, 0.2) is 10.7 Å². The van der Waals surface area contributed by atoms with Gasteiger partial charge in [0.1, 0.15) is 5.69 Å². The Kier molecular flexibility index (Phi) is 3.14. The van der Waals surface area contributed by atoms with Gasteiger partial charge in [0.25, 0.3) is 0 Å². The van der Waals surface area contributed by atoms with Crippen molar-refractivity contribution in [3.63, 3.8) is 0 Å². The second-order valence-electron chi connectivity index (χ2n) is 8.47. The van der Waals surface area contributed by atoms with E-state index < -0.39 is 5.60 Å². The van der Waals surface area contributed by atoms with E-state index in [-0.39, 0.29) is 0 Å². The number of nitrogens with two attached hydrogens (primary N) is 1. The van der Waals surface area contributed by atoms with Crippen LogP contribution in [-0.4, -0.2) is 42.1 Å². The predicted molar refractivity (Wildman–Crippen MR) is 103 cm³/mol. The molecule has 9 heteroatoms. The van der Waals surface area contributed by atoms with Crippen LogP contribution in [0.4, 0.5) is 10.8 Å². The maximum absolute atomic E-state index is 10.9. The molecule has 3 aromatic heterocycles. The molecule has 5 N–H and O–H groups in total. The molecule has 3 heterocycles. The van der Waals surface area contributed by atoms with Gasteiger partial charge in [-0.1, -0.05) is 11.3 Å². The summed E-state index contributed by atoms with van der Waals surface area (Å²) in [5.41, 5.74) is 7.75. The Bertz CT molecular complexity index is 1010. The number of H-pyrrole nitrogens is 1. The van der Waals surface area contributed by atoms with E-state index in [0.717, 1.165) is 36.0 Å². The highest BCUT2D eigenvalue weighted by Gasteiger charge is 2.54. The summed E-state index contributed by atoms with van der Waals surface area (Å²) in [4.78, 5) is 3.14. The van der Waals surface area contributed by atoms with Gasteiger partial charge in [-0.3, -0.25) is 0 Å². The van der Waals surface area contributed by atoms with Crippen LogP contribution in [0.5, 0.6) is 0 Å². The third-order valence-electron chi connectivity index (χ3n) is 6.68. The van der Waals surface area contributed by atoms with Gasteiger partial charge >= 0.3 is 0 Å². The quantitative estimate of drug-likeness (QED) is 0.547. The predicted octanol–water partition coefficient (Wildman–Crippen LogP) is 2.41. The fourth-order valence-corrected chi connectivity index (χ4v) is 6.53. The first kappa shape index (κ1) is 15.8. The van der Waals surface area contributed by atoms with Gasteiger partial charge in [0.2, 0.25) is 5.13 Å². The number of hydrogen-bond donors (Lipinski definition) is 4. The Balaban J connectivity index is 1.43. The van der Waals surface area contributed by atoms with Crippen LogP contribution in [0.3, 0.4) is 0 Å². The van der Waals surface area contributed by atoms with Crippen LogP contribution in [0.2, 0.25) is 0 Å². The minimum atomic E-state index is -0.439. The fraction of sp³-hybridized carbons (Fsp3) is 0.556. The number of aromatic nitrogens is 5. The number of rotatable bonds is 3. The zero-order chi connectivity index (χ0) is 18.2. The minimum Gasteiger partial charge on any atom is -0.390 e. The highest BCUT2D eigenvalue weighted by Crippen LogP contribution is 2.56. The van der Waals surface area contributed by atoms with Gasteiger partial charge < -0.3 is 21.1 Å². The van der Waals surface area contributed by atoms with E-state index in [1.807, 2.05) is 12.3 Å². The molecule has 7 rings (SSSR count). The lowest BCUT2D eigenvalue weighted by atomic mass is 9.52. The first-order valence-corrected chi connectivity index (χ1v) is 10.3. The summed E-state index contributed by atoms with van der Waals surface area (Å²) in [6, 6.07) is 2.36. The number of aromatic amines is 1. The van der Waals surface area contributed by atoms with Crippen molar-refractivity contribution in [2.75, 3.05) is 11.1 Å². The Morgan fingerprint density at radius 1 is 1.15 bits per heavy atom. The van der Waals surface area contributed by atoms with Gasteiger partial charge in [-0.25, -0.2) is 0 Å². The summed E-state index contributed by atoms with van der Waals surface area (Å²) in [6.07, 6.45) is 7.06. The topological polar surface area (TPSA) is 126 Å². The lowest BCUT2D eigenvalue weighted by Gasteiger charge is -2.58. The minimum absolute atomic E-state index is 0.341. The van der Waals surface area contributed by atoms with E-state index in [1.165, 1.54) is 24.2 Å². The van der Waals surface area contributed by atoms with E-state index in [9.17, 15) is 5.11 Å². The molecule has 4 saturated carbocycles. The Labute approximate surface area is 159 Å². The van der Waals surface area contributed by atoms with Gasteiger partial charge in [-0.05, 0) is 55.9 Å². The molecular formula is C18H21N7OS. The molecule has 0 spiro atoms. The van der Waals surface area contributed by atoms with Crippen molar-refractivity contribution >= 4 is 33.2 Å².